The van der Waals surface area contributed by atoms with Crippen molar-refractivity contribution in [2.75, 3.05) is 0 Å². The van der Waals surface area contributed by atoms with Crippen molar-refractivity contribution in [1.82, 2.24) is 0 Å². The number of rotatable bonds is 1. The standard InChI is InChI=1S/C18H14S/c1-12-6-8-13(9-7-12)17-11-19-18-15-5-3-2-4-14(15)10-16(17)18/h2-11,18H,1H3. The van der Waals surface area contributed by atoms with Crippen molar-refractivity contribution >= 4 is 23.4 Å². The van der Waals surface area contributed by atoms with Gasteiger partial charge in [0.1, 0.15) is 0 Å². The maximum Gasteiger partial charge on any atom is 0.0600 e. The highest BCUT2D eigenvalue weighted by atomic mass is 32.2. The minimum Gasteiger partial charge on any atom is -0.120 e. The van der Waals surface area contributed by atoms with Gasteiger partial charge in [0.25, 0.3) is 0 Å². The summed E-state index contributed by atoms with van der Waals surface area (Å²) in [5, 5.41) is 2.82. The third-order valence-electron chi connectivity index (χ3n) is 3.87. The molecule has 0 fully saturated rings. The van der Waals surface area contributed by atoms with Crippen LogP contribution in [0.3, 0.4) is 0 Å². The van der Waals surface area contributed by atoms with Crippen molar-refractivity contribution < 1.29 is 0 Å². The van der Waals surface area contributed by atoms with Gasteiger partial charge in [0.05, 0.1) is 5.25 Å². The molecule has 92 valence electrons. The van der Waals surface area contributed by atoms with Gasteiger partial charge in [-0.2, -0.15) is 0 Å². The van der Waals surface area contributed by atoms with Crippen LogP contribution >= 0.6 is 11.8 Å². The molecule has 0 aromatic heterocycles. The highest BCUT2D eigenvalue weighted by Crippen LogP contribution is 2.55. The molecule has 1 unspecified atom stereocenters. The molecule has 0 N–H and O–H groups in total. The zero-order valence-corrected chi connectivity index (χ0v) is 11.6. The van der Waals surface area contributed by atoms with Gasteiger partial charge in [-0.15, -0.1) is 11.8 Å². The van der Waals surface area contributed by atoms with Crippen LogP contribution in [0, 0.1) is 6.92 Å². The maximum absolute atomic E-state index is 2.35. The van der Waals surface area contributed by atoms with Gasteiger partial charge in [0.2, 0.25) is 0 Å². The van der Waals surface area contributed by atoms with Crippen LogP contribution in [-0.4, -0.2) is 0 Å². The van der Waals surface area contributed by atoms with Crippen LogP contribution in [0.1, 0.15) is 27.5 Å². The van der Waals surface area contributed by atoms with Crippen molar-refractivity contribution in [3.05, 3.63) is 81.8 Å². The Morgan fingerprint density at radius 1 is 0.947 bits per heavy atom. The lowest BCUT2D eigenvalue weighted by Gasteiger charge is -2.09. The molecule has 0 bridgehead atoms. The van der Waals surface area contributed by atoms with Crippen molar-refractivity contribution in [2.24, 2.45) is 0 Å². The van der Waals surface area contributed by atoms with Crippen LogP contribution in [0.15, 0.2) is 59.5 Å². The zero-order valence-electron chi connectivity index (χ0n) is 10.8. The van der Waals surface area contributed by atoms with E-state index in [-0.39, 0.29) is 0 Å². The van der Waals surface area contributed by atoms with Crippen LogP contribution in [-0.2, 0) is 0 Å². The van der Waals surface area contributed by atoms with Gasteiger partial charge in [0, 0.05) is 0 Å². The Balaban J connectivity index is 1.77. The summed E-state index contributed by atoms with van der Waals surface area (Å²) in [6.45, 7) is 2.13. The van der Waals surface area contributed by atoms with Crippen LogP contribution < -0.4 is 0 Å². The Kier molecular flexibility index (Phi) is 2.42. The van der Waals surface area contributed by atoms with E-state index in [1.165, 1.54) is 33.4 Å². The molecule has 4 rings (SSSR count). The number of allylic oxidation sites excluding steroid dienone is 1. The Labute approximate surface area is 117 Å². The summed E-state index contributed by atoms with van der Waals surface area (Å²) in [4.78, 5) is 0. The van der Waals surface area contributed by atoms with E-state index in [4.69, 9.17) is 0 Å². The minimum absolute atomic E-state index is 0.507. The molecule has 0 radical (unpaired) electrons. The predicted octanol–water partition coefficient (Wildman–Crippen LogP) is 5.22. The first kappa shape index (κ1) is 11.1. The monoisotopic (exact) mass is 262 g/mol. The van der Waals surface area contributed by atoms with E-state index in [1.807, 2.05) is 11.8 Å². The molecule has 2 aliphatic rings. The molecular formula is C18H14S. The number of benzene rings is 2. The largest absolute Gasteiger partial charge is 0.120 e. The molecule has 1 aliphatic heterocycles. The molecule has 0 amide bonds. The summed E-state index contributed by atoms with van der Waals surface area (Å²) in [5.74, 6) is 0. The van der Waals surface area contributed by atoms with E-state index >= 15 is 0 Å². The molecule has 0 saturated heterocycles. The number of hydrogen-bond acceptors (Lipinski definition) is 1. The highest BCUT2D eigenvalue weighted by Gasteiger charge is 2.31. The molecule has 0 nitrogen and oxygen atoms in total. The summed E-state index contributed by atoms with van der Waals surface area (Å²) in [6, 6.07) is 17.6. The lowest BCUT2D eigenvalue weighted by molar-refractivity contribution is 1.23. The Hall–Kier alpha value is -1.73. The van der Waals surface area contributed by atoms with Crippen molar-refractivity contribution in [3.8, 4) is 0 Å². The molecular weight excluding hydrogens is 248 g/mol. The Bertz CT molecular complexity index is 705. The smallest absolute Gasteiger partial charge is 0.0600 e. The average molecular weight is 262 g/mol. The molecule has 1 aliphatic carbocycles. The first-order valence-corrected chi connectivity index (χ1v) is 7.51. The summed E-state index contributed by atoms with van der Waals surface area (Å²) >= 11 is 1.93. The quantitative estimate of drug-likeness (QED) is 0.679. The molecule has 1 heteroatoms. The second-order valence-corrected chi connectivity index (χ2v) is 6.12. The van der Waals surface area contributed by atoms with E-state index in [1.54, 1.807) is 0 Å². The van der Waals surface area contributed by atoms with Crippen LogP contribution in [0.4, 0.5) is 0 Å². The number of aryl methyl sites for hydroxylation is 1. The minimum atomic E-state index is 0.507. The predicted molar refractivity (Wildman–Crippen MR) is 83.9 cm³/mol. The van der Waals surface area contributed by atoms with Gasteiger partial charge >= 0.3 is 0 Å². The maximum atomic E-state index is 2.35. The summed E-state index contributed by atoms with van der Waals surface area (Å²) in [7, 11) is 0. The second kappa shape index (κ2) is 4.14. The third-order valence-corrected chi connectivity index (χ3v) is 5.02. The van der Waals surface area contributed by atoms with Gasteiger partial charge in [0.15, 0.2) is 0 Å². The fourth-order valence-electron chi connectivity index (χ4n) is 2.83. The molecule has 0 saturated carbocycles. The molecule has 19 heavy (non-hydrogen) atoms. The lowest BCUT2D eigenvalue weighted by atomic mass is 9.97. The van der Waals surface area contributed by atoms with E-state index in [0.29, 0.717) is 5.25 Å². The summed E-state index contributed by atoms with van der Waals surface area (Å²) in [5.41, 5.74) is 8.35. The Morgan fingerprint density at radius 2 is 1.74 bits per heavy atom. The van der Waals surface area contributed by atoms with E-state index in [9.17, 15) is 0 Å². The van der Waals surface area contributed by atoms with Gasteiger partial charge in [-0.3, -0.25) is 0 Å². The fourth-order valence-corrected chi connectivity index (χ4v) is 4.08. The zero-order chi connectivity index (χ0) is 12.8. The highest BCUT2D eigenvalue weighted by molar-refractivity contribution is 8.03. The van der Waals surface area contributed by atoms with Gasteiger partial charge in [-0.1, -0.05) is 54.1 Å². The molecule has 2 aromatic rings. The van der Waals surface area contributed by atoms with Crippen molar-refractivity contribution in [3.63, 3.8) is 0 Å². The third kappa shape index (κ3) is 1.69. The van der Waals surface area contributed by atoms with E-state index < -0.39 is 0 Å². The first-order chi connectivity index (χ1) is 9.33. The van der Waals surface area contributed by atoms with Crippen LogP contribution in [0.2, 0.25) is 0 Å². The Morgan fingerprint density at radius 3 is 2.58 bits per heavy atom. The van der Waals surface area contributed by atoms with E-state index in [2.05, 4.69) is 66.9 Å². The van der Waals surface area contributed by atoms with Crippen molar-refractivity contribution in [1.29, 1.82) is 0 Å². The van der Waals surface area contributed by atoms with E-state index in [0.717, 1.165) is 0 Å². The summed E-state index contributed by atoms with van der Waals surface area (Å²) in [6.07, 6.45) is 2.35. The molecule has 1 atom stereocenters. The summed E-state index contributed by atoms with van der Waals surface area (Å²) < 4.78 is 0. The lowest BCUT2D eigenvalue weighted by Crippen LogP contribution is -1.90. The van der Waals surface area contributed by atoms with Crippen LogP contribution in [0.5, 0.6) is 0 Å². The second-order valence-electron chi connectivity index (χ2n) is 5.14. The molecule has 0 spiro atoms. The van der Waals surface area contributed by atoms with Crippen LogP contribution in [0.25, 0.3) is 11.6 Å². The van der Waals surface area contributed by atoms with Gasteiger partial charge in [-0.05, 0) is 46.2 Å². The topological polar surface area (TPSA) is 0 Å². The molecule has 2 aromatic carbocycles. The van der Waals surface area contributed by atoms with Gasteiger partial charge < -0.3 is 0 Å². The SMILES string of the molecule is Cc1ccc(C2=CSC3C2=Cc2ccccc23)cc1. The first-order valence-electron chi connectivity index (χ1n) is 6.56. The number of hydrogen-bond donors (Lipinski definition) is 0. The normalized spacial score (nSPS) is 19.7. The fraction of sp³-hybridized carbons (Fsp3) is 0.111. The van der Waals surface area contributed by atoms with Gasteiger partial charge in [-0.25, -0.2) is 0 Å². The average Bonchev–Trinajstić information content (AvgIpc) is 2.98. The number of thioether (sulfide) groups is 1. The molecule has 1 heterocycles. The van der Waals surface area contributed by atoms with Crippen molar-refractivity contribution in [2.45, 2.75) is 12.2 Å². The number of fused-ring (bicyclic) bond motifs is 3.